The lowest BCUT2D eigenvalue weighted by atomic mass is 9.89. The van der Waals surface area contributed by atoms with E-state index in [1.165, 1.54) is 0 Å². The molecule has 0 bridgehead atoms. The van der Waals surface area contributed by atoms with E-state index in [0.29, 0.717) is 19.8 Å². The smallest absolute Gasteiger partial charge is 0.316 e. The SMILES string of the molecule is COCCOC1NC(=O)NCC1(C)C. The van der Waals surface area contributed by atoms with E-state index < -0.39 is 0 Å². The summed E-state index contributed by atoms with van der Waals surface area (Å²) < 4.78 is 10.4. The van der Waals surface area contributed by atoms with Crippen molar-refractivity contribution < 1.29 is 14.3 Å². The van der Waals surface area contributed by atoms with Gasteiger partial charge in [0.25, 0.3) is 0 Å². The third-order valence-corrected chi connectivity index (χ3v) is 2.25. The predicted octanol–water partition coefficient (Wildman–Crippen LogP) is 0.314. The van der Waals surface area contributed by atoms with Crippen LogP contribution >= 0.6 is 0 Å². The molecular weight excluding hydrogens is 184 g/mol. The molecule has 1 aliphatic heterocycles. The molecule has 0 radical (unpaired) electrons. The molecule has 82 valence electrons. The third-order valence-electron chi connectivity index (χ3n) is 2.25. The van der Waals surface area contributed by atoms with Gasteiger partial charge in [-0.25, -0.2) is 4.79 Å². The monoisotopic (exact) mass is 202 g/mol. The van der Waals surface area contributed by atoms with E-state index in [1.54, 1.807) is 7.11 Å². The fourth-order valence-corrected chi connectivity index (χ4v) is 1.28. The summed E-state index contributed by atoms with van der Waals surface area (Å²) in [6.07, 6.45) is -0.244. The zero-order valence-corrected chi connectivity index (χ0v) is 8.92. The van der Waals surface area contributed by atoms with Gasteiger partial charge in [-0.15, -0.1) is 0 Å². The number of carbonyl (C=O) groups is 1. The first kappa shape index (κ1) is 11.3. The van der Waals surface area contributed by atoms with Crippen LogP contribution in [0.5, 0.6) is 0 Å². The van der Waals surface area contributed by atoms with E-state index in [0.717, 1.165) is 0 Å². The van der Waals surface area contributed by atoms with Crippen molar-refractivity contribution in [2.24, 2.45) is 5.41 Å². The van der Waals surface area contributed by atoms with Gasteiger partial charge < -0.3 is 20.1 Å². The van der Waals surface area contributed by atoms with Crippen molar-refractivity contribution in [3.05, 3.63) is 0 Å². The molecule has 1 fully saturated rings. The molecule has 5 heteroatoms. The summed E-state index contributed by atoms with van der Waals surface area (Å²) in [7, 11) is 1.62. The summed E-state index contributed by atoms with van der Waals surface area (Å²) >= 11 is 0. The highest BCUT2D eigenvalue weighted by atomic mass is 16.5. The summed E-state index contributed by atoms with van der Waals surface area (Å²) in [5.74, 6) is 0. The minimum atomic E-state index is -0.244. The van der Waals surface area contributed by atoms with E-state index in [-0.39, 0.29) is 17.7 Å². The first-order valence-electron chi connectivity index (χ1n) is 4.71. The molecule has 1 saturated heterocycles. The van der Waals surface area contributed by atoms with Crippen LogP contribution in [0.15, 0.2) is 0 Å². The Morgan fingerprint density at radius 1 is 1.50 bits per heavy atom. The van der Waals surface area contributed by atoms with E-state index in [4.69, 9.17) is 9.47 Å². The summed E-state index contributed by atoms with van der Waals surface area (Å²) in [5, 5.41) is 5.47. The summed E-state index contributed by atoms with van der Waals surface area (Å²) in [6, 6.07) is -0.174. The number of nitrogens with one attached hydrogen (secondary N) is 2. The van der Waals surface area contributed by atoms with Gasteiger partial charge in [0, 0.05) is 19.1 Å². The maximum atomic E-state index is 11.1. The Hall–Kier alpha value is -0.810. The zero-order chi connectivity index (χ0) is 10.6. The standard InChI is InChI=1S/C9H18N2O3/c1-9(2)6-10-8(12)11-7(9)14-5-4-13-3/h7H,4-6H2,1-3H3,(H2,10,11,12). The van der Waals surface area contributed by atoms with Crippen LogP contribution in [0.3, 0.4) is 0 Å². The number of methoxy groups -OCH3 is 1. The predicted molar refractivity (Wildman–Crippen MR) is 51.9 cm³/mol. The van der Waals surface area contributed by atoms with Gasteiger partial charge in [0.1, 0.15) is 6.23 Å². The quantitative estimate of drug-likeness (QED) is 0.645. The summed E-state index contributed by atoms with van der Waals surface area (Å²) in [4.78, 5) is 11.1. The van der Waals surface area contributed by atoms with Crippen LogP contribution < -0.4 is 10.6 Å². The average molecular weight is 202 g/mol. The number of hydrogen-bond donors (Lipinski definition) is 2. The molecule has 0 aliphatic carbocycles. The lowest BCUT2D eigenvalue weighted by Gasteiger charge is -2.38. The third kappa shape index (κ3) is 2.85. The lowest BCUT2D eigenvalue weighted by Crippen LogP contribution is -2.60. The van der Waals surface area contributed by atoms with Crippen molar-refractivity contribution in [3.63, 3.8) is 0 Å². The van der Waals surface area contributed by atoms with Gasteiger partial charge in [0.05, 0.1) is 13.2 Å². The van der Waals surface area contributed by atoms with Crippen molar-refractivity contribution >= 4 is 6.03 Å². The van der Waals surface area contributed by atoms with Crippen LogP contribution in [0, 0.1) is 5.41 Å². The van der Waals surface area contributed by atoms with Gasteiger partial charge in [-0.1, -0.05) is 13.8 Å². The number of urea groups is 1. The van der Waals surface area contributed by atoms with Crippen LogP contribution in [-0.2, 0) is 9.47 Å². The van der Waals surface area contributed by atoms with Crippen molar-refractivity contribution in [3.8, 4) is 0 Å². The summed E-state index contributed by atoms with van der Waals surface area (Å²) in [5.41, 5.74) is -0.0956. The maximum absolute atomic E-state index is 11.1. The lowest BCUT2D eigenvalue weighted by molar-refractivity contribution is -0.0617. The highest BCUT2D eigenvalue weighted by Crippen LogP contribution is 2.22. The van der Waals surface area contributed by atoms with Crippen LogP contribution in [0.25, 0.3) is 0 Å². The zero-order valence-electron chi connectivity index (χ0n) is 8.92. The molecule has 14 heavy (non-hydrogen) atoms. The molecule has 1 rings (SSSR count). The molecule has 0 aromatic heterocycles. The van der Waals surface area contributed by atoms with E-state index in [2.05, 4.69) is 10.6 Å². The maximum Gasteiger partial charge on any atom is 0.316 e. The van der Waals surface area contributed by atoms with Crippen LogP contribution in [0.4, 0.5) is 4.79 Å². The highest BCUT2D eigenvalue weighted by molar-refractivity contribution is 5.75. The normalized spacial score (nSPS) is 25.4. The Kier molecular flexibility index (Phi) is 3.71. The van der Waals surface area contributed by atoms with Crippen molar-refractivity contribution in [1.29, 1.82) is 0 Å². The van der Waals surface area contributed by atoms with Gasteiger partial charge in [0.2, 0.25) is 0 Å². The van der Waals surface area contributed by atoms with Crippen molar-refractivity contribution in [1.82, 2.24) is 10.6 Å². The van der Waals surface area contributed by atoms with E-state index >= 15 is 0 Å². The molecule has 2 amide bonds. The molecule has 5 nitrogen and oxygen atoms in total. The number of carbonyl (C=O) groups excluding carboxylic acids is 1. The first-order chi connectivity index (χ1) is 6.56. The van der Waals surface area contributed by atoms with Gasteiger partial charge in [-0.2, -0.15) is 0 Å². The minimum Gasteiger partial charge on any atom is -0.382 e. The Balaban J connectivity index is 2.41. The Bertz CT molecular complexity index is 206. The van der Waals surface area contributed by atoms with Crippen LogP contribution in [0.2, 0.25) is 0 Å². The molecule has 1 heterocycles. The molecule has 1 atom stereocenters. The molecule has 0 aromatic rings. The van der Waals surface area contributed by atoms with Gasteiger partial charge in [-0.3, -0.25) is 0 Å². The Morgan fingerprint density at radius 2 is 2.21 bits per heavy atom. The average Bonchev–Trinajstić information content (AvgIpc) is 2.12. The van der Waals surface area contributed by atoms with Crippen LogP contribution in [0.1, 0.15) is 13.8 Å². The minimum absolute atomic E-state index is 0.0956. The van der Waals surface area contributed by atoms with Crippen molar-refractivity contribution in [2.75, 3.05) is 26.9 Å². The number of ether oxygens (including phenoxy) is 2. The molecule has 0 spiro atoms. The van der Waals surface area contributed by atoms with Crippen LogP contribution in [-0.4, -0.2) is 39.1 Å². The van der Waals surface area contributed by atoms with Gasteiger partial charge in [-0.05, 0) is 0 Å². The molecule has 0 aromatic carbocycles. The largest absolute Gasteiger partial charge is 0.382 e. The molecule has 0 saturated carbocycles. The second-order valence-corrected chi connectivity index (χ2v) is 4.06. The second-order valence-electron chi connectivity index (χ2n) is 4.06. The Labute approximate surface area is 84.1 Å². The van der Waals surface area contributed by atoms with E-state index in [9.17, 15) is 4.79 Å². The highest BCUT2D eigenvalue weighted by Gasteiger charge is 2.35. The van der Waals surface area contributed by atoms with Crippen molar-refractivity contribution in [2.45, 2.75) is 20.1 Å². The molecular formula is C9H18N2O3. The number of rotatable bonds is 4. The summed E-state index contributed by atoms with van der Waals surface area (Å²) in [6.45, 7) is 5.73. The molecule has 1 unspecified atom stereocenters. The molecule has 1 aliphatic rings. The second kappa shape index (κ2) is 4.61. The fourth-order valence-electron chi connectivity index (χ4n) is 1.28. The fraction of sp³-hybridized carbons (Fsp3) is 0.889. The Morgan fingerprint density at radius 3 is 2.86 bits per heavy atom. The first-order valence-corrected chi connectivity index (χ1v) is 4.71. The molecule has 2 N–H and O–H groups in total. The van der Waals surface area contributed by atoms with Gasteiger partial charge in [0.15, 0.2) is 0 Å². The number of amides is 2. The number of hydrogen-bond acceptors (Lipinski definition) is 3. The topological polar surface area (TPSA) is 59.6 Å². The van der Waals surface area contributed by atoms with E-state index in [1.807, 2.05) is 13.8 Å². The van der Waals surface area contributed by atoms with Gasteiger partial charge >= 0.3 is 6.03 Å².